The number of carbonyl (C=O) groups is 1. The van der Waals surface area contributed by atoms with Gasteiger partial charge in [0.25, 0.3) is 5.91 Å². The number of benzene rings is 2. The molecule has 0 saturated carbocycles. The Morgan fingerprint density at radius 2 is 2.09 bits per heavy atom. The van der Waals surface area contributed by atoms with Crippen molar-refractivity contribution in [2.24, 2.45) is 0 Å². The molecule has 0 saturated heterocycles. The van der Waals surface area contributed by atoms with E-state index in [-0.39, 0.29) is 5.56 Å². The number of imidazole rings is 1. The van der Waals surface area contributed by atoms with E-state index in [1.807, 2.05) is 35.8 Å². The van der Waals surface area contributed by atoms with Gasteiger partial charge in [-0.05, 0) is 37.3 Å². The van der Waals surface area contributed by atoms with E-state index in [2.05, 4.69) is 26.2 Å². The number of hydrogen-bond donors (Lipinski definition) is 1. The van der Waals surface area contributed by atoms with Crippen LogP contribution in [0.4, 0.5) is 4.39 Å². The molecule has 0 spiro atoms. The van der Waals surface area contributed by atoms with Crippen molar-refractivity contribution < 1.29 is 9.18 Å². The van der Waals surface area contributed by atoms with E-state index in [0.29, 0.717) is 17.6 Å². The van der Waals surface area contributed by atoms with Crippen LogP contribution in [0.3, 0.4) is 0 Å². The van der Waals surface area contributed by atoms with Gasteiger partial charge in [-0.15, -0.1) is 0 Å². The fourth-order valence-electron chi connectivity index (χ4n) is 2.53. The molecular formula is C17H15BrFN3O. The molecule has 0 atom stereocenters. The number of para-hydroxylation sites is 2. The van der Waals surface area contributed by atoms with Crippen LogP contribution in [0.15, 0.2) is 46.9 Å². The summed E-state index contributed by atoms with van der Waals surface area (Å²) in [7, 11) is 0. The molecule has 1 aromatic heterocycles. The summed E-state index contributed by atoms with van der Waals surface area (Å²) >= 11 is 3.17. The molecule has 0 bridgehead atoms. The lowest BCUT2D eigenvalue weighted by Crippen LogP contribution is -2.28. The third kappa shape index (κ3) is 3.27. The number of hydrogen-bond acceptors (Lipinski definition) is 2. The molecule has 0 unspecified atom stereocenters. The molecule has 0 fully saturated rings. The average Bonchev–Trinajstić information content (AvgIpc) is 2.83. The minimum absolute atomic E-state index is 0.0420. The van der Waals surface area contributed by atoms with Crippen LogP contribution in [0, 0.1) is 12.7 Å². The Morgan fingerprint density at radius 1 is 1.30 bits per heavy atom. The van der Waals surface area contributed by atoms with Crippen molar-refractivity contribution in [1.82, 2.24) is 14.9 Å². The maximum Gasteiger partial charge on any atom is 0.254 e. The lowest BCUT2D eigenvalue weighted by molar-refractivity contribution is 0.0948. The summed E-state index contributed by atoms with van der Waals surface area (Å²) in [6.07, 6.45) is 0. The number of amides is 1. The van der Waals surface area contributed by atoms with Crippen LogP contribution >= 0.6 is 15.9 Å². The monoisotopic (exact) mass is 375 g/mol. The normalized spacial score (nSPS) is 10.9. The summed E-state index contributed by atoms with van der Waals surface area (Å²) in [5.41, 5.74) is 1.99. The summed E-state index contributed by atoms with van der Waals surface area (Å²) < 4.78 is 16.4. The van der Waals surface area contributed by atoms with Crippen LogP contribution in [-0.2, 0) is 6.54 Å². The predicted molar refractivity (Wildman–Crippen MR) is 90.9 cm³/mol. The minimum atomic E-state index is -0.541. The topological polar surface area (TPSA) is 46.9 Å². The van der Waals surface area contributed by atoms with Gasteiger partial charge in [0.05, 0.1) is 16.6 Å². The van der Waals surface area contributed by atoms with Gasteiger partial charge in [-0.25, -0.2) is 9.37 Å². The second kappa shape index (κ2) is 6.50. The highest BCUT2D eigenvalue weighted by atomic mass is 79.9. The van der Waals surface area contributed by atoms with Crippen LogP contribution in [-0.4, -0.2) is 22.0 Å². The first-order chi connectivity index (χ1) is 11.1. The number of nitrogens with zero attached hydrogens (tertiary/aromatic N) is 2. The minimum Gasteiger partial charge on any atom is -0.350 e. The van der Waals surface area contributed by atoms with Crippen LogP contribution in [0.1, 0.15) is 16.2 Å². The Kier molecular flexibility index (Phi) is 4.43. The highest BCUT2D eigenvalue weighted by molar-refractivity contribution is 9.10. The van der Waals surface area contributed by atoms with Gasteiger partial charge in [-0.2, -0.15) is 0 Å². The zero-order valence-corrected chi connectivity index (χ0v) is 14.1. The quantitative estimate of drug-likeness (QED) is 0.755. The Labute approximate surface area is 141 Å². The molecule has 3 aromatic rings. The predicted octanol–water partition coefficient (Wildman–Crippen LogP) is 3.68. The van der Waals surface area contributed by atoms with Gasteiger partial charge in [0.1, 0.15) is 11.6 Å². The molecule has 4 nitrogen and oxygen atoms in total. The summed E-state index contributed by atoms with van der Waals surface area (Å²) in [4.78, 5) is 16.5. The highest BCUT2D eigenvalue weighted by Gasteiger charge is 2.12. The number of nitrogens with one attached hydrogen (secondary N) is 1. The summed E-state index contributed by atoms with van der Waals surface area (Å²) in [6.45, 7) is 2.90. The summed E-state index contributed by atoms with van der Waals surface area (Å²) in [5.74, 6) is -0.0755. The molecule has 2 aromatic carbocycles. The van der Waals surface area contributed by atoms with Crippen molar-refractivity contribution in [3.05, 3.63) is 64.1 Å². The third-order valence-electron chi connectivity index (χ3n) is 3.64. The molecule has 1 amide bonds. The van der Waals surface area contributed by atoms with E-state index >= 15 is 0 Å². The standard InChI is InChI=1S/C17H15BrFN3O/c1-11-21-15-4-2-3-5-16(15)22(11)9-8-20-17(23)13-7-6-12(18)10-14(13)19/h2-7,10H,8-9H2,1H3,(H,20,23). The Balaban J connectivity index is 1.69. The molecule has 118 valence electrons. The maximum atomic E-state index is 13.8. The number of carbonyl (C=O) groups excluding carboxylic acids is 1. The second-order valence-electron chi connectivity index (χ2n) is 5.18. The van der Waals surface area contributed by atoms with Gasteiger partial charge in [0.2, 0.25) is 0 Å². The van der Waals surface area contributed by atoms with Crippen LogP contribution in [0.2, 0.25) is 0 Å². The van der Waals surface area contributed by atoms with Gasteiger partial charge in [-0.1, -0.05) is 28.1 Å². The number of halogens is 2. The molecule has 1 N–H and O–H groups in total. The SMILES string of the molecule is Cc1nc2ccccc2n1CCNC(=O)c1ccc(Br)cc1F. The zero-order chi connectivity index (χ0) is 16.4. The number of aromatic nitrogens is 2. The van der Waals surface area contributed by atoms with Crippen molar-refractivity contribution in [2.45, 2.75) is 13.5 Å². The highest BCUT2D eigenvalue weighted by Crippen LogP contribution is 2.16. The molecule has 3 rings (SSSR count). The van der Waals surface area contributed by atoms with Gasteiger partial charge in [0.15, 0.2) is 0 Å². The molecule has 0 aliphatic rings. The molecule has 0 aliphatic heterocycles. The van der Waals surface area contributed by atoms with E-state index in [1.54, 1.807) is 6.07 Å². The largest absolute Gasteiger partial charge is 0.350 e. The lowest BCUT2D eigenvalue weighted by Gasteiger charge is -2.09. The number of aryl methyl sites for hydroxylation is 1. The molecule has 23 heavy (non-hydrogen) atoms. The first-order valence-corrected chi connectivity index (χ1v) is 8.00. The smallest absolute Gasteiger partial charge is 0.254 e. The molecule has 0 radical (unpaired) electrons. The van der Waals surface area contributed by atoms with Crippen molar-refractivity contribution in [1.29, 1.82) is 0 Å². The van der Waals surface area contributed by atoms with Gasteiger partial charge in [-0.3, -0.25) is 4.79 Å². The van der Waals surface area contributed by atoms with Gasteiger partial charge in [0, 0.05) is 17.6 Å². The van der Waals surface area contributed by atoms with Gasteiger partial charge >= 0.3 is 0 Å². The molecule has 0 aliphatic carbocycles. The van der Waals surface area contributed by atoms with Gasteiger partial charge < -0.3 is 9.88 Å². The number of rotatable bonds is 4. The van der Waals surface area contributed by atoms with E-state index in [4.69, 9.17) is 0 Å². The fourth-order valence-corrected chi connectivity index (χ4v) is 2.86. The van der Waals surface area contributed by atoms with E-state index in [0.717, 1.165) is 16.9 Å². The first-order valence-electron chi connectivity index (χ1n) is 7.21. The van der Waals surface area contributed by atoms with E-state index in [9.17, 15) is 9.18 Å². The average molecular weight is 376 g/mol. The molecule has 6 heteroatoms. The Bertz CT molecular complexity index is 875. The zero-order valence-electron chi connectivity index (χ0n) is 12.5. The van der Waals surface area contributed by atoms with Crippen LogP contribution in [0.25, 0.3) is 11.0 Å². The first kappa shape index (κ1) is 15.7. The van der Waals surface area contributed by atoms with E-state index < -0.39 is 11.7 Å². The third-order valence-corrected chi connectivity index (χ3v) is 4.14. The Hall–Kier alpha value is -2.21. The second-order valence-corrected chi connectivity index (χ2v) is 6.10. The maximum absolute atomic E-state index is 13.8. The fraction of sp³-hybridized carbons (Fsp3) is 0.176. The van der Waals surface area contributed by atoms with Crippen molar-refractivity contribution in [2.75, 3.05) is 6.54 Å². The molecule has 1 heterocycles. The van der Waals surface area contributed by atoms with E-state index in [1.165, 1.54) is 12.1 Å². The Morgan fingerprint density at radius 3 is 2.87 bits per heavy atom. The van der Waals surface area contributed by atoms with Crippen LogP contribution in [0.5, 0.6) is 0 Å². The number of fused-ring (bicyclic) bond motifs is 1. The summed E-state index contributed by atoms with van der Waals surface area (Å²) in [6, 6.07) is 12.2. The van der Waals surface area contributed by atoms with Crippen molar-refractivity contribution in [3.63, 3.8) is 0 Å². The van der Waals surface area contributed by atoms with Crippen LogP contribution < -0.4 is 5.32 Å². The lowest BCUT2D eigenvalue weighted by atomic mass is 10.2. The van der Waals surface area contributed by atoms with Crippen molar-refractivity contribution >= 4 is 32.9 Å². The summed E-state index contributed by atoms with van der Waals surface area (Å²) in [5, 5.41) is 2.75. The molecular weight excluding hydrogens is 361 g/mol. The van der Waals surface area contributed by atoms with Crippen molar-refractivity contribution in [3.8, 4) is 0 Å².